The van der Waals surface area contributed by atoms with Crippen molar-refractivity contribution in [2.75, 3.05) is 14.1 Å². The Labute approximate surface area is 174 Å². The van der Waals surface area contributed by atoms with Crippen molar-refractivity contribution >= 4 is 11.5 Å². The van der Waals surface area contributed by atoms with Gasteiger partial charge >= 0.3 is 0 Å². The third kappa shape index (κ3) is 3.76. The molecule has 5 nitrogen and oxygen atoms in total. The highest BCUT2D eigenvalue weighted by Gasteiger charge is 2.29. The third-order valence-corrected chi connectivity index (χ3v) is 5.33. The molecule has 0 spiro atoms. The normalized spacial score (nSPS) is 16.8. The zero-order chi connectivity index (χ0) is 21.3. The van der Waals surface area contributed by atoms with Gasteiger partial charge in [0.15, 0.2) is 0 Å². The maximum absolute atomic E-state index is 14.9. The monoisotopic (exact) mass is 408 g/mol. The van der Waals surface area contributed by atoms with Gasteiger partial charge in [0.05, 0.1) is 24.3 Å². The van der Waals surface area contributed by atoms with E-state index in [0.29, 0.717) is 23.2 Å². The van der Waals surface area contributed by atoms with Gasteiger partial charge in [0, 0.05) is 32.1 Å². The molecule has 0 bridgehead atoms. The minimum atomic E-state index is -0.668. The van der Waals surface area contributed by atoms with Gasteiger partial charge in [-0.2, -0.15) is 0 Å². The van der Waals surface area contributed by atoms with Crippen LogP contribution in [-0.2, 0) is 13.1 Å². The van der Waals surface area contributed by atoms with E-state index in [1.54, 1.807) is 30.4 Å². The first-order chi connectivity index (χ1) is 14.5. The molecule has 1 aromatic carbocycles. The number of carbonyl (C=O) groups is 1. The van der Waals surface area contributed by atoms with Crippen molar-refractivity contribution in [3.8, 4) is 0 Å². The topological polar surface area (TPSA) is 48.5 Å². The molecular formula is C23H22F2N4O. The van der Waals surface area contributed by atoms with Gasteiger partial charge in [-0.05, 0) is 47.4 Å². The second kappa shape index (κ2) is 8.20. The largest absolute Gasteiger partial charge is 0.328 e. The molecule has 4 rings (SSSR count). The SMILES string of the molecule is CNN(C)/C=C1\CC=CC=C1c1cc(F)c(CN2Cc3ncccc3C2=O)c(F)c1. The van der Waals surface area contributed by atoms with Crippen molar-refractivity contribution in [2.45, 2.75) is 19.5 Å². The number of nitrogens with one attached hydrogen (secondary N) is 1. The Kier molecular flexibility index (Phi) is 5.46. The van der Waals surface area contributed by atoms with E-state index < -0.39 is 11.6 Å². The molecule has 1 aliphatic carbocycles. The molecule has 0 fully saturated rings. The van der Waals surface area contributed by atoms with Crippen LogP contribution in [-0.4, -0.2) is 34.9 Å². The molecule has 0 unspecified atom stereocenters. The lowest BCUT2D eigenvalue weighted by Gasteiger charge is -2.20. The predicted molar refractivity (Wildman–Crippen MR) is 111 cm³/mol. The van der Waals surface area contributed by atoms with E-state index in [4.69, 9.17) is 0 Å². The third-order valence-electron chi connectivity index (χ3n) is 5.33. The van der Waals surface area contributed by atoms with Gasteiger partial charge in [-0.3, -0.25) is 9.78 Å². The molecule has 30 heavy (non-hydrogen) atoms. The fraction of sp³-hybridized carbons (Fsp3) is 0.217. The van der Waals surface area contributed by atoms with Crippen molar-refractivity contribution in [3.05, 3.63) is 94.5 Å². The lowest BCUT2D eigenvalue weighted by atomic mass is 9.91. The number of halogens is 2. The molecule has 154 valence electrons. The average Bonchev–Trinajstić information content (AvgIpc) is 3.06. The lowest BCUT2D eigenvalue weighted by Crippen LogP contribution is -2.25. The molecule has 1 aromatic heterocycles. The van der Waals surface area contributed by atoms with Crippen LogP contribution < -0.4 is 5.43 Å². The summed E-state index contributed by atoms with van der Waals surface area (Å²) in [5.74, 6) is -1.60. The summed E-state index contributed by atoms with van der Waals surface area (Å²) in [6.07, 6.45) is 9.88. The second-order valence-corrected chi connectivity index (χ2v) is 7.28. The number of hydrazine groups is 1. The number of amides is 1. The van der Waals surface area contributed by atoms with Crippen molar-refractivity contribution in [1.82, 2.24) is 20.3 Å². The van der Waals surface area contributed by atoms with Gasteiger partial charge in [-0.15, -0.1) is 0 Å². The minimum absolute atomic E-state index is 0.121. The number of pyridine rings is 1. The highest BCUT2D eigenvalue weighted by Crippen LogP contribution is 2.32. The summed E-state index contributed by atoms with van der Waals surface area (Å²) in [7, 11) is 3.65. The first-order valence-corrected chi connectivity index (χ1v) is 9.67. The van der Waals surface area contributed by atoms with E-state index in [2.05, 4.69) is 10.4 Å². The summed E-state index contributed by atoms with van der Waals surface area (Å²) in [6, 6.07) is 6.03. The summed E-state index contributed by atoms with van der Waals surface area (Å²) in [5, 5.41) is 1.79. The Bertz CT molecular complexity index is 1070. The Hall–Kier alpha value is -3.32. The fourth-order valence-electron chi connectivity index (χ4n) is 3.69. The molecule has 1 amide bonds. The molecule has 1 aliphatic heterocycles. The van der Waals surface area contributed by atoms with Gasteiger partial charge in [0.2, 0.25) is 0 Å². The first-order valence-electron chi connectivity index (χ1n) is 9.67. The number of hydrogen-bond donors (Lipinski definition) is 1. The highest BCUT2D eigenvalue weighted by atomic mass is 19.1. The van der Waals surface area contributed by atoms with Crippen LogP contribution in [0.3, 0.4) is 0 Å². The smallest absolute Gasteiger partial charge is 0.256 e. The fourth-order valence-corrected chi connectivity index (χ4v) is 3.69. The average molecular weight is 408 g/mol. The molecule has 2 aliphatic rings. The number of aromatic nitrogens is 1. The Morgan fingerprint density at radius 2 is 2.07 bits per heavy atom. The number of allylic oxidation sites excluding steroid dienone is 5. The van der Waals surface area contributed by atoms with Crippen molar-refractivity contribution < 1.29 is 13.6 Å². The standard InChI is InChI=1S/C23H22F2N4O/c1-26-28(2)12-15-6-3-4-7-17(15)16-10-20(24)19(21(25)11-16)13-29-14-22-18(23(29)30)8-5-9-27-22/h3-5,7-12,26H,6,13-14H2,1-2H3/b15-12+. The van der Waals surface area contributed by atoms with E-state index >= 15 is 0 Å². The van der Waals surface area contributed by atoms with Crippen LogP contribution in [0.5, 0.6) is 0 Å². The van der Waals surface area contributed by atoms with Gasteiger partial charge < -0.3 is 9.91 Å². The molecule has 2 heterocycles. The molecule has 0 atom stereocenters. The molecule has 7 heteroatoms. The molecular weight excluding hydrogens is 386 g/mol. The van der Waals surface area contributed by atoms with Crippen molar-refractivity contribution in [3.63, 3.8) is 0 Å². The molecule has 0 radical (unpaired) electrons. The van der Waals surface area contributed by atoms with E-state index in [1.807, 2.05) is 31.5 Å². The molecule has 1 N–H and O–H groups in total. The zero-order valence-electron chi connectivity index (χ0n) is 16.8. The summed E-state index contributed by atoms with van der Waals surface area (Å²) < 4.78 is 29.9. The van der Waals surface area contributed by atoms with Gasteiger partial charge in [0.1, 0.15) is 11.6 Å². The molecule has 0 saturated carbocycles. The minimum Gasteiger partial charge on any atom is -0.328 e. The number of benzene rings is 1. The van der Waals surface area contributed by atoms with Crippen LogP contribution in [0.1, 0.15) is 33.6 Å². The predicted octanol–water partition coefficient (Wildman–Crippen LogP) is 3.81. The summed E-state index contributed by atoms with van der Waals surface area (Å²) in [6.45, 7) is 0.103. The second-order valence-electron chi connectivity index (χ2n) is 7.28. The molecule has 2 aromatic rings. The summed E-state index contributed by atoms with van der Waals surface area (Å²) in [5.41, 5.74) is 6.14. The van der Waals surface area contributed by atoms with Crippen LogP contribution in [0, 0.1) is 11.6 Å². The number of carbonyl (C=O) groups excluding carboxylic acids is 1. The van der Waals surface area contributed by atoms with Gasteiger partial charge in [-0.25, -0.2) is 14.2 Å². The van der Waals surface area contributed by atoms with E-state index in [1.165, 1.54) is 17.0 Å². The number of rotatable bonds is 5. The maximum Gasteiger partial charge on any atom is 0.256 e. The van der Waals surface area contributed by atoms with Crippen LogP contribution in [0.4, 0.5) is 8.78 Å². The quantitative estimate of drug-likeness (QED) is 0.765. The summed E-state index contributed by atoms with van der Waals surface area (Å²) in [4.78, 5) is 18.1. The van der Waals surface area contributed by atoms with Crippen LogP contribution >= 0.6 is 0 Å². The Morgan fingerprint density at radius 3 is 2.77 bits per heavy atom. The Morgan fingerprint density at radius 1 is 1.30 bits per heavy atom. The van der Waals surface area contributed by atoms with Crippen LogP contribution in [0.25, 0.3) is 5.57 Å². The Balaban J connectivity index is 1.62. The molecule has 0 saturated heterocycles. The van der Waals surface area contributed by atoms with Gasteiger partial charge in [-0.1, -0.05) is 18.2 Å². The maximum atomic E-state index is 14.9. The van der Waals surface area contributed by atoms with E-state index in [9.17, 15) is 13.6 Å². The van der Waals surface area contributed by atoms with Crippen molar-refractivity contribution in [1.29, 1.82) is 0 Å². The lowest BCUT2D eigenvalue weighted by molar-refractivity contribution is 0.0763. The van der Waals surface area contributed by atoms with E-state index in [-0.39, 0.29) is 24.6 Å². The highest BCUT2D eigenvalue weighted by molar-refractivity contribution is 5.97. The van der Waals surface area contributed by atoms with E-state index in [0.717, 1.165) is 11.1 Å². The van der Waals surface area contributed by atoms with Crippen molar-refractivity contribution in [2.24, 2.45) is 0 Å². The van der Waals surface area contributed by atoms with Crippen LogP contribution in [0.15, 0.2) is 60.5 Å². The number of nitrogens with zero attached hydrogens (tertiary/aromatic N) is 3. The first kappa shape index (κ1) is 20.0. The number of fused-ring (bicyclic) bond motifs is 1. The van der Waals surface area contributed by atoms with Gasteiger partial charge in [0.25, 0.3) is 5.91 Å². The zero-order valence-corrected chi connectivity index (χ0v) is 16.8. The van der Waals surface area contributed by atoms with Crippen LogP contribution in [0.2, 0.25) is 0 Å². The number of hydrogen-bond acceptors (Lipinski definition) is 4. The summed E-state index contributed by atoms with van der Waals surface area (Å²) >= 11 is 0.